The first-order valence-electron chi connectivity index (χ1n) is 7.37. The van der Waals surface area contributed by atoms with Crippen LogP contribution in [0.3, 0.4) is 0 Å². The van der Waals surface area contributed by atoms with Gasteiger partial charge in [0, 0.05) is 37.3 Å². The Hall–Kier alpha value is -1.51. The molecule has 0 bridgehead atoms. The molecular weight excluding hydrogens is 306 g/mol. The maximum absolute atomic E-state index is 11.8. The average molecular weight is 327 g/mol. The molecule has 0 spiro atoms. The summed E-state index contributed by atoms with van der Waals surface area (Å²) < 4.78 is 25.1. The van der Waals surface area contributed by atoms with Gasteiger partial charge in [-0.15, -0.1) is 0 Å². The molecule has 0 unspecified atom stereocenters. The third kappa shape index (κ3) is 4.02. The molecule has 0 radical (unpaired) electrons. The van der Waals surface area contributed by atoms with Crippen molar-refractivity contribution >= 4 is 15.7 Å². The van der Waals surface area contributed by atoms with Crippen molar-refractivity contribution in [1.29, 1.82) is 0 Å². The number of nitro groups is 1. The fourth-order valence-electron chi connectivity index (χ4n) is 2.61. The Morgan fingerprint density at radius 3 is 2.55 bits per heavy atom. The molecule has 0 aliphatic carbocycles. The molecule has 122 valence electrons. The number of para-hydroxylation sites is 1. The lowest BCUT2D eigenvalue weighted by Gasteiger charge is -2.31. The molecule has 1 N–H and O–H groups in total. The Labute approximate surface area is 130 Å². The van der Waals surface area contributed by atoms with Gasteiger partial charge in [-0.05, 0) is 19.8 Å². The van der Waals surface area contributed by atoms with E-state index in [2.05, 4.69) is 5.32 Å². The van der Waals surface area contributed by atoms with Gasteiger partial charge in [-0.3, -0.25) is 10.1 Å². The van der Waals surface area contributed by atoms with Crippen LogP contribution in [0.1, 0.15) is 25.3 Å². The third-order valence-electron chi connectivity index (χ3n) is 3.98. The minimum Gasteiger partial charge on any atom is -0.310 e. The minimum atomic E-state index is -3.11. The second-order valence-corrected chi connectivity index (χ2v) is 7.60. The molecule has 1 saturated heterocycles. The summed E-state index contributed by atoms with van der Waals surface area (Å²) in [5.41, 5.74) is 0.761. The molecule has 22 heavy (non-hydrogen) atoms. The summed E-state index contributed by atoms with van der Waals surface area (Å²) in [6.07, 6.45) is 1.44. The Bertz CT molecular complexity index is 625. The fourth-order valence-corrected chi connectivity index (χ4v) is 3.75. The van der Waals surface area contributed by atoms with E-state index in [1.165, 1.54) is 10.4 Å². The van der Waals surface area contributed by atoms with Crippen molar-refractivity contribution in [1.82, 2.24) is 9.62 Å². The van der Waals surface area contributed by atoms with Gasteiger partial charge in [0.15, 0.2) is 0 Å². The Kier molecular flexibility index (Phi) is 5.49. The molecule has 0 amide bonds. The second-order valence-electron chi connectivity index (χ2n) is 5.34. The van der Waals surface area contributed by atoms with Crippen LogP contribution in [0, 0.1) is 10.1 Å². The van der Waals surface area contributed by atoms with E-state index in [4.69, 9.17) is 0 Å². The van der Waals surface area contributed by atoms with Gasteiger partial charge in [0.2, 0.25) is 10.0 Å². The van der Waals surface area contributed by atoms with E-state index in [9.17, 15) is 18.5 Å². The van der Waals surface area contributed by atoms with Gasteiger partial charge in [0.25, 0.3) is 5.69 Å². The van der Waals surface area contributed by atoms with E-state index in [0.717, 1.165) is 12.8 Å². The van der Waals surface area contributed by atoms with Crippen molar-refractivity contribution in [3.05, 3.63) is 39.9 Å². The van der Waals surface area contributed by atoms with E-state index in [1.54, 1.807) is 25.1 Å². The maximum Gasteiger partial charge on any atom is 0.273 e. The van der Waals surface area contributed by atoms with Gasteiger partial charge in [0.1, 0.15) is 0 Å². The third-order valence-corrected chi connectivity index (χ3v) is 5.86. The fraction of sp³-hybridized carbons (Fsp3) is 0.571. The first kappa shape index (κ1) is 16.9. The number of nitrogens with one attached hydrogen (secondary N) is 1. The van der Waals surface area contributed by atoms with Crippen LogP contribution in [0.5, 0.6) is 0 Å². The van der Waals surface area contributed by atoms with Gasteiger partial charge < -0.3 is 5.32 Å². The zero-order valence-electron chi connectivity index (χ0n) is 12.6. The number of hydrogen-bond acceptors (Lipinski definition) is 5. The molecule has 0 atom stereocenters. The van der Waals surface area contributed by atoms with Gasteiger partial charge in [-0.25, -0.2) is 12.7 Å². The molecule has 7 nitrogen and oxygen atoms in total. The standard InChI is InChI=1S/C14H21N3O4S/c1-2-22(20,21)16-9-7-13(8-10-16)15-11-12-5-3-4-6-14(12)17(18)19/h3-6,13,15H,2,7-11H2,1H3. The number of hydrogen-bond donors (Lipinski definition) is 1. The lowest BCUT2D eigenvalue weighted by molar-refractivity contribution is -0.385. The number of sulfonamides is 1. The van der Waals surface area contributed by atoms with Crippen LogP contribution in [0.2, 0.25) is 0 Å². The summed E-state index contributed by atoms with van der Waals surface area (Å²) in [6, 6.07) is 6.84. The van der Waals surface area contributed by atoms with Crippen LogP contribution in [-0.4, -0.2) is 42.5 Å². The molecule has 1 aromatic carbocycles. The Morgan fingerprint density at radius 1 is 1.32 bits per heavy atom. The van der Waals surface area contributed by atoms with Crippen molar-refractivity contribution in [2.24, 2.45) is 0 Å². The van der Waals surface area contributed by atoms with Gasteiger partial charge >= 0.3 is 0 Å². The van der Waals surface area contributed by atoms with Crippen molar-refractivity contribution in [2.45, 2.75) is 32.4 Å². The summed E-state index contributed by atoms with van der Waals surface area (Å²) in [6.45, 7) is 3.08. The molecule has 1 heterocycles. The molecule has 8 heteroatoms. The number of nitro benzene ring substituents is 1. The number of nitrogens with zero attached hydrogens (tertiary/aromatic N) is 2. The molecule has 0 aromatic heterocycles. The van der Waals surface area contributed by atoms with Gasteiger partial charge in [0.05, 0.1) is 10.7 Å². The van der Waals surface area contributed by atoms with Crippen molar-refractivity contribution in [3.8, 4) is 0 Å². The lowest BCUT2D eigenvalue weighted by Crippen LogP contribution is -2.45. The molecular formula is C14H21N3O4S. The summed E-state index contributed by atoms with van der Waals surface area (Å²) in [5, 5.41) is 14.3. The number of piperidine rings is 1. The van der Waals surface area contributed by atoms with Crippen LogP contribution in [0.25, 0.3) is 0 Å². The van der Waals surface area contributed by atoms with Crippen LogP contribution < -0.4 is 5.32 Å². The summed E-state index contributed by atoms with van der Waals surface area (Å²) >= 11 is 0. The van der Waals surface area contributed by atoms with Crippen LogP contribution in [-0.2, 0) is 16.6 Å². The lowest BCUT2D eigenvalue weighted by atomic mass is 10.1. The van der Waals surface area contributed by atoms with E-state index in [1.807, 2.05) is 0 Å². The second kappa shape index (κ2) is 7.17. The van der Waals surface area contributed by atoms with E-state index in [0.29, 0.717) is 25.2 Å². The highest BCUT2D eigenvalue weighted by Gasteiger charge is 2.26. The molecule has 1 aliphatic rings. The molecule has 1 fully saturated rings. The van der Waals surface area contributed by atoms with E-state index >= 15 is 0 Å². The smallest absolute Gasteiger partial charge is 0.273 e. The summed E-state index contributed by atoms with van der Waals surface area (Å²) in [7, 11) is -3.11. The number of benzene rings is 1. The molecule has 0 saturated carbocycles. The van der Waals surface area contributed by atoms with Crippen molar-refractivity contribution in [2.75, 3.05) is 18.8 Å². The van der Waals surface area contributed by atoms with Crippen LogP contribution in [0.15, 0.2) is 24.3 Å². The van der Waals surface area contributed by atoms with E-state index < -0.39 is 10.0 Å². The quantitative estimate of drug-likeness (QED) is 0.631. The monoisotopic (exact) mass is 327 g/mol. The van der Waals surface area contributed by atoms with Crippen molar-refractivity contribution in [3.63, 3.8) is 0 Å². The average Bonchev–Trinajstić information content (AvgIpc) is 2.53. The Balaban J connectivity index is 1.89. The highest BCUT2D eigenvalue weighted by molar-refractivity contribution is 7.89. The first-order valence-corrected chi connectivity index (χ1v) is 8.98. The maximum atomic E-state index is 11.8. The molecule has 2 rings (SSSR count). The molecule has 1 aromatic rings. The molecule has 1 aliphatic heterocycles. The highest BCUT2D eigenvalue weighted by Crippen LogP contribution is 2.19. The van der Waals surface area contributed by atoms with Crippen LogP contribution in [0.4, 0.5) is 5.69 Å². The largest absolute Gasteiger partial charge is 0.310 e. The SMILES string of the molecule is CCS(=O)(=O)N1CCC(NCc2ccccc2[N+](=O)[O-])CC1. The topological polar surface area (TPSA) is 92.6 Å². The van der Waals surface area contributed by atoms with Gasteiger partial charge in [-0.1, -0.05) is 18.2 Å². The predicted molar refractivity (Wildman–Crippen MR) is 84.0 cm³/mol. The zero-order valence-corrected chi connectivity index (χ0v) is 13.4. The summed E-state index contributed by atoms with van der Waals surface area (Å²) in [4.78, 5) is 10.6. The Morgan fingerprint density at radius 2 is 1.95 bits per heavy atom. The predicted octanol–water partition coefficient (Wildman–Crippen LogP) is 1.50. The normalized spacial score (nSPS) is 17.5. The zero-order chi connectivity index (χ0) is 16.2. The number of rotatable bonds is 6. The van der Waals surface area contributed by atoms with E-state index in [-0.39, 0.29) is 22.4 Å². The first-order chi connectivity index (χ1) is 10.4. The summed E-state index contributed by atoms with van der Waals surface area (Å²) in [5.74, 6) is 0.126. The van der Waals surface area contributed by atoms with Crippen LogP contribution >= 0.6 is 0 Å². The highest BCUT2D eigenvalue weighted by atomic mass is 32.2. The van der Waals surface area contributed by atoms with Crippen molar-refractivity contribution < 1.29 is 13.3 Å². The minimum absolute atomic E-state index is 0.112. The van der Waals surface area contributed by atoms with Gasteiger partial charge in [-0.2, -0.15) is 0 Å².